The molecule has 0 radical (unpaired) electrons. The third-order valence-corrected chi connectivity index (χ3v) is 11.7. The minimum atomic E-state index is -3.39. The Hall–Kier alpha value is -2.96. The molecule has 0 aromatic carbocycles. The molecule has 0 aromatic heterocycles. The predicted molar refractivity (Wildman–Crippen MR) is 179 cm³/mol. The van der Waals surface area contributed by atoms with E-state index in [1.807, 2.05) is 20.8 Å². The molecule has 1 heterocycles. The van der Waals surface area contributed by atoms with Gasteiger partial charge in [0.2, 0.25) is 17.6 Å². The largest absolute Gasteiger partial charge is 0.349 e. The molecule has 0 spiro atoms. The van der Waals surface area contributed by atoms with Crippen molar-refractivity contribution in [3.8, 4) is 0 Å². The van der Waals surface area contributed by atoms with E-state index in [0.717, 1.165) is 38.4 Å². The lowest BCUT2D eigenvalue weighted by atomic mass is 9.83. The number of nitrogens with zero attached hydrogens (tertiary/aromatic N) is 1. The van der Waals surface area contributed by atoms with Crippen molar-refractivity contribution < 1.29 is 32.4 Å². The van der Waals surface area contributed by atoms with Crippen molar-refractivity contribution in [1.29, 1.82) is 0 Å². The molecule has 0 aromatic rings. The molecule has 3 saturated carbocycles. The van der Waals surface area contributed by atoms with Crippen molar-refractivity contribution in [2.24, 2.45) is 28.6 Å². The van der Waals surface area contributed by atoms with Crippen LogP contribution in [0.3, 0.4) is 0 Å². The molecule has 5 atom stereocenters. The van der Waals surface area contributed by atoms with E-state index in [1.54, 1.807) is 6.08 Å². The van der Waals surface area contributed by atoms with Crippen LogP contribution in [0.25, 0.3) is 0 Å². The third-order valence-electron chi connectivity index (χ3n) is 10.6. The topological polar surface area (TPSA) is 171 Å². The molecule has 3 aliphatic carbocycles. The minimum absolute atomic E-state index is 0.0664. The van der Waals surface area contributed by atoms with Crippen LogP contribution in [0.4, 0.5) is 4.79 Å². The number of hydrogen-bond donors (Lipinski definition) is 4. The van der Waals surface area contributed by atoms with Crippen LogP contribution >= 0.6 is 0 Å². The maximum Gasteiger partial charge on any atom is 0.315 e. The van der Waals surface area contributed by atoms with Crippen molar-refractivity contribution in [2.75, 3.05) is 25.1 Å². The van der Waals surface area contributed by atoms with Crippen LogP contribution in [-0.4, -0.2) is 91.6 Å². The Morgan fingerprint density at radius 2 is 1.66 bits per heavy atom. The summed E-state index contributed by atoms with van der Waals surface area (Å²) in [7, 11) is -3.39. The quantitative estimate of drug-likeness (QED) is 0.124. The number of ketones is 1. The number of rotatable bonds is 14. The van der Waals surface area contributed by atoms with Gasteiger partial charge in [0.1, 0.15) is 21.9 Å². The summed E-state index contributed by atoms with van der Waals surface area (Å²) >= 11 is 0. The Labute approximate surface area is 279 Å². The van der Waals surface area contributed by atoms with E-state index in [4.69, 9.17) is 0 Å². The standard InChI is InChI=1S/C34H55N5O7S/c1-8-9-17-35-29(42)26(40)23(18-21-13-14-21)36-28(41)25-24-22(33(24,5)6)19-39(25)30(43)27(32(2,3)4)37-31(44)38-34(20-47(7,45)46)15-11-10-12-16-34/h8,21-25,27H,1,9-20H2,2-7H3,(H,35,42)(H,36,41)(H2,37,38,44)/t22?,23?,24-,25-,27+/m0/s1. The molecule has 0 bridgehead atoms. The van der Waals surface area contributed by atoms with Gasteiger partial charge in [0.25, 0.3) is 5.91 Å². The summed E-state index contributed by atoms with van der Waals surface area (Å²) in [6, 6.07) is -3.50. The average Bonchev–Trinajstić information content (AvgIpc) is 3.81. The van der Waals surface area contributed by atoms with E-state index in [2.05, 4.69) is 41.7 Å². The van der Waals surface area contributed by atoms with Crippen molar-refractivity contribution in [2.45, 2.75) is 116 Å². The molecule has 2 unspecified atom stereocenters. The number of fused-ring (bicyclic) bond motifs is 1. The van der Waals surface area contributed by atoms with Gasteiger partial charge in [-0.25, -0.2) is 13.2 Å². The molecule has 5 amide bonds. The summed E-state index contributed by atoms with van der Waals surface area (Å²) in [4.78, 5) is 69.3. The monoisotopic (exact) mass is 677 g/mol. The summed E-state index contributed by atoms with van der Waals surface area (Å²) < 4.78 is 24.6. The zero-order valence-electron chi connectivity index (χ0n) is 28.9. The highest BCUT2D eigenvalue weighted by molar-refractivity contribution is 7.90. The molecule has 1 saturated heterocycles. The summed E-state index contributed by atoms with van der Waals surface area (Å²) in [6.45, 7) is 13.8. The van der Waals surface area contributed by atoms with E-state index >= 15 is 0 Å². The summed E-state index contributed by atoms with van der Waals surface area (Å²) in [5, 5.41) is 11.2. The molecule has 4 N–H and O–H groups in total. The Morgan fingerprint density at radius 1 is 1.02 bits per heavy atom. The van der Waals surface area contributed by atoms with E-state index in [1.165, 1.54) is 4.90 Å². The van der Waals surface area contributed by atoms with E-state index in [0.29, 0.717) is 32.2 Å². The van der Waals surface area contributed by atoms with Crippen molar-refractivity contribution in [3.05, 3.63) is 12.7 Å². The first-order valence-corrected chi connectivity index (χ1v) is 19.2. The first-order chi connectivity index (χ1) is 21.8. The molecule has 4 fully saturated rings. The van der Waals surface area contributed by atoms with E-state index in [9.17, 15) is 32.4 Å². The SMILES string of the molecule is C=CCCNC(=O)C(=O)C(CC1CC1)NC(=O)[C@@H]1[C@@H]2C(CN1C(=O)[C@@H](NC(=O)NC1(CS(C)(=O)=O)CCCCC1)C(C)(C)C)C2(C)C. The van der Waals surface area contributed by atoms with Crippen LogP contribution < -0.4 is 21.3 Å². The summed E-state index contributed by atoms with van der Waals surface area (Å²) in [5.41, 5.74) is -1.86. The van der Waals surface area contributed by atoms with Gasteiger partial charge in [0.15, 0.2) is 0 Å². The highest BCUT2D eigenvalue weighted by Gasteiger charge is 2.70. The highest BCUT2D eigenvalue weighted by atomic mass is 32.2. The highest BCUT2D eigenvalue weighted by Crippen LogP contribution is 2.65. The van der Waals surface area contributed by atoms with Crippen LogP contribution in [0, 0.1) is 28.6 Å². The maximum absolute atomic E-state index is 14.4. The number of hydrogen-bond acceptors (Lipinski definition) is 7. The second kappa shape index (κ2) is 13.9. The maximum atomic E-state index is 14.4. The molecular formula is C34H55N5O7S. The van der Waals surface area contributed by atoms with Gasteiger partial charge in [0.05, 0.1) is 17.3 Å². The van der Waals surface area contributed by atoms with Gasteiger partial charge < -0.3 is 26.2 Å². The lowest BCUT2D eigenvalue weighted by molar-refractivity contribution is -0.145. The first-order valence-electron chi connectivity index (χ1n) is 17.1. The van der Waals surface area contributed by atoms with Gasteiger partial charge in [-0.05, 0) is 54.3 Å². The average molecular weight is 678 g/mol. The number of Topliss-reactive ketones (excluding diaryl/α,β-unsaturated/α-hetero) is 1. The number of sulfone groups is 1. The van der Waals surface area contributed by atoms with E-state index in [-0.39, 0.29) is 35.5 Å². The number of amides is 5. The van der Waals surface area contributed by atoms with Crippen molar-refractivity contribution >= 4 is 39.4 Å². The fourth-order valence-corrected chi connectivity index (χ4v) is 9.14. The number of urea groups is 1. The Morgan fingerprint density at radius 3 is 2.21 bits per heavy atom. The van der Waals surface area contributed by atoms with Crippen molar-refractivity contribution in [1.82, 2.24) is 26.2 Å². The van der Waals surface area contributed by atoms with Gasteiger partial charge in [-0.1, -0.05) is 72.8 Å². The normalized spacial score (nSPS) is 25.8. The van der Waals surface area contributed by atoms with Gasteiger partial charge in [-0.2, -0.15) is 0 Å². The lowest BCUT2D eigenvalue weighted by Crippen LogP contribution is -2.63. The van der Waals surface area contributed by atoms with Crippen LogP contribution in [0.15, 0.2) is 12.7 Å². The zero-order valence-corrected chi connectivity index (χ0v) is 29.8. The lowest BCUT2D eigenvalue weighted by Gasteiger charge is -2.40. The number of nitrogens with one attached hydrogen (secondary N) is 4. The number of likely N-dealkylation sites (tertiary alicyclic amines) is 1. The molecular weight excluding hydrogens is 622 g/mol. The molecule has 1 aliphatic heterocycles. The fourth-order valence-electron chi connectivity index (χ4n) is 7.78. The van der Waals surface area contributed by atoms with Crippen LogP contribution in [0.2, 0.25) is 0 Å². The van der Waals surface area contributed by atoms with Gasteiger partial charge >= 0.3 is 6.03 Å². The van der Waals surface area contributed by atoms with E-state index < -0.39 is 68.5 Å². The van der Waals surface area contributed by atoms with Crippen LogP contribution in [-0.2, 0) is 29.0 Å². The predicted octanol–water partition coefficient (Wildman–Crippen LogP) is 2.48. The first kappa shape index (κ1) is 36.9. The molecule has 264 valence electrons. The number of carbonyl (C=O) groups excluding carboxylic acids is 5. The van der Waals surface area contributed by atoms with Gasteiger partial charge in [-0.15, -0.1) is 6.58 Å². The van der Waals surface area contributed by atoms with Gasteiger partial charge in [0, 0.05) is 19.3 Å². The Balaban J connectivity index is 1.53. The minimum Gasteiger partial charge on any atom is -0.349 e. The number of piperidine rings is 1. The smallest absolute Gasteiger partial charge is 0.315 e. The Kier molecular flexibility index (Phi) is 10.9. The summed E-state index contributed by atoms with van der Waals surface area (Å²) in [5.74, 6) is -2.34. The Bertz CT molecular complexity index is 1360. The number of carbonyl (C=O) groups is 5. The molecule has 12 nitrogen and oxygen atoms in total. The molecule has 47 heavy (non-hydrogen) atoms. The second-order valence-electron chi connectivity index (χ2n) is 16.1. The molecule has 4 rings (SSSR count). The third kappa shape index (κ3) is 8.94. The second-order valence-corrected chi connectivity index (χ2v) is 18.3. The summed E-state index contributed by atoms with van der Waals surface area (Å²) in [6.07, 6.45) is 9.13. The van der Waals surface area contributed by atoms with Crippen LogP contribution in [0.1, 0.15) is 92.4 Å². The molecule has 4 aliphatic rings. The van der Waals surface area contributed by atoms with Crippen LogP contribution in [0.5, 0.6) is 0 Å². The van der Waals surface area contributed by atoms with Crippen molar-refractivity contribution in [3.63, 3.8) is 0 Å². The zero-order chi connectivity index (χ0) is 34.9. The molecule has 13 heteroatoms. The van der Waals surface area contributed by atoms with Gasteiger partial charge in [-0.3, -0.25) is 19.2 Å². The fraction of sp³-hybridized carbons (Fsp3) is 0.794.